The van der Waals surface area contributed by atoms with Crippen molar-refractivity contribution in [2.45, 2.75) is 32.7 Å². The molecule has 3 N–H and O–H groups in total. The molecule has 0 saturated carbocycles. The minimum atomic E-state index is -0.385. The van der Waals surface area contributed by atoms with Gasteiger partial charge in [0.2, 0.25) is 5.91 Å². The molecule has 82 valence electrons. The van der Waals surface area contributed by atoms with Crippen LogP contribution >= 0.6 is 0 Å². The van der Waals surface area contributed by atoms with Crippen LogP contribution in [0.3, 0.4) is 0 Å². The van der Waals surface area contributed by atoms with Crippen molar-refractivity contribution < 1.29 is 4.79 Å². The number of rotatable bonds is 5. The highest BCUT2D eigenvalue weighted by Gasteiger charge is 2.03. The number of carbonyl (C=O) groups excluding carboxylic acids is 1. The summed E-state index contributed by atoms with van der Waals surface area (Å²) in [6.07, 6.45) is 2.18. The lowest BCUT2D eigenvalue weighted by Crippen LogP contribution is -2.17. The van der Waals surface area contributed by atoms with E-state index in [1.54, 1.807) is 12.1 Å². The van der Waals surface area contributed by atoms with E-state index in [2.05, 4.69) is 19.2 Å². The van der Waals surface area contributed by atoms with Crippen LogP contribution < -0.4 is 11.1 Å². The molecule has 0 radical (unpaired) electrons. The summed E-state index contributed by atoms with van der Waals surface area (Å²) in [5, 5.41) is 3.39. The summed E-state index contributed by atoms with van der Waals surface area (Å²) in [5.41, 5.74) is 6.74. The lowest BCUT2D eigenvalue weighted by atomic mass is 10.1. The van der Waals surface area contributed by atoms with Crippen molar-refractivity contribution in [3.63, 3.8) is 0 Å². The predicted octanol–water partition coefficient (Wildman–Crippen LogP) is 2.39. The number of nitrogens with one attached hydrogen (secondary N) is 1. The second kappa shape index (κ2) is 5.39. The molecule has 1 rings (SSSR count). The van der Waals surface area contributed by atoms with Gasteiger partial charge < -0.3 is 11.1 Å². The highest BCUT2D eigenvalue weighted by molar-refractivity contribution is 5.93. The molecule has 0 bridgehead atoms. The van der Waals surface area contributed by atoms with Gasteiger partial charge in [0, 0.05) is 17.3 Å². The molecule has 3 nitrogen and oxygen atoms in total. The molecule has 0 fully saturated rings. The topological polar surface area (TPSA) is 55.1 Å². The number of hydrogen-bond acceptors (Lipinski definition) is 2. The summed E-state index contributed by atoms with van der Waals surface area (Å²) in [6, 6.07) is 7.75. The Morgan fingerprint density at radius 3 is 2.20 bits per heavy atom. The first-order valence-corrected chi connectivity index (χ1v) is 5.33. The average molecular weight is 206 g/mol. The molecule has 1 aromatic rings. The van der Waals surface area contributed by atoms with Crippen molar-refractivity contribution >= 4 is 11.6 Å². The van der Waals surface area contributed by atoms with E-state index in [0.717, 1.165) is 18.5 Å². The van der Waals surface area contributed by atoms with E-state index < -0.39 is 0 Å². The zero-order chi connectivity index (χ0) is 11.3. The van der Waals surface area contributed by atoms with Crippen LogP contribution in [0.25, 0.3) is 0 Å². The number of nitrogens with two attached hydrogens (primary N) is 1. The third kappa shape index (κ3) is 3.27. The standard InChI is InChI=1S/C12H18N2O/c1-3-10(4-2)14-11-7-5-9(6-8-11)12(13)15/h5-8,10,14H,3-4H2,1-2H3,(H2,13,15). The molecule has 0 saturated heterocycles. The molecule has 0 aliphatic heterocycles. The van der Waals surface area contributed by atoms with Crippen LogP contribution in [0.5, 0.6) is 0 Å². The van der Waals surface area contributed by atoms with E-state index in [9.17, 15) is 4.79 Å². The Kier molecular flexibility index (Phi) is 4.16. The first kappa shape index (κ1) is 11.6. The van der Waals surface area contributed by atoms with E-state index in [1.165, 1.54) is 0 Å². The zero-order valence-corrected chi connectivity index (χ0v) is 9.29. The maximum absolute atomic E-state index is 10.8. The van der Waals surface area contributed by atoms with Gasteiger partial charge in [-0.15, -0.1) is 0 Å². The van der Waals surface area contributed by atoms with E-state index in [0.29, 0.717) is 11.6 Å². The quantitative estimate of drug-likeness (QED) is 0.777. The Balaban J connectivity index is 2.67. The third-order valence-electron chi connectivity index (χ3n) is 2.53. The lowest BCUT2D eigenvalue weighted by Gasteiger charge is -2.16. The van der Waals surface area contributed by atoms with Crippen molar-refractivity contribution in [2.75, 3.05) is 5.32 Å². The minimum Gasteiger partial charge on any atom is -0.382 e. The van der Waals surface area contributed by atoms with Crippen molar-refractivity contribution in [1.82, 2.24) is 0 Å². The van der Waals surface area contributed by atoms with Crippen molar-refractivity contribution in [1.29, 1.82) is 0 Å². The molecule has 0 aliphatic rings. The minimum absolute atomic E-state index is 0.385. The maximum Gasteiger partial charge on any atom is 0.248 e. The average Bonchev–Trinajstić information content (AvgIpc) is 2.26. The largest absolute Gasteiger partial charge is 0.382 e. The first-order valence-electron chi connectivity index (χ1n) is 5.33. The van der Waals surface area contributed by atoms with Gasteiger partial charge in [0.25, 0.3) is 0 Å². The van der Waals surface area contributed by atoms with Gasteiger partial charge in [-0.05, 0) is 37.1 Å². The van der Waals surface area contributed by atoms with Crippen LogP contribution in [0, 0.1) is 0 Å². The lowest BCUT2D eigenvalue weighted by molar-refractivity contribution is 0.100. The number of carbonyl (C=O) groups is 1. The third-order valence-corrected chi connectivity index (χ3v) is 2.53. The highest BCUT2D eigenvalue weighted by Crippen LogP contribution is 2.12. The molecule has 15 heavy (non-hydrogen) atoms. The molecule has 0 unspecified atom stereocenters. The Bertz CT molecular complexity index is 315. The maximum atomic E-state index is 10.8. The summed E-state index contributed by atoms with van der Waals surface area (Å²) in [4.78, 5) is 10.8. The molecule has 3 heteroatoms. The Morgan fingerprint density at radius 2 is 1.80 bits per heavy atom. The summed E-state index contributed by atoms with van der Waals surface area (Å²) in [7, 11) is 0. The molecule has 0 spiro atoms. The SMILES string of the molecule is CCC(CC)Nc1ccc(C(N)=O)cc1. The number of hydrogen-bond donors (Lipinski definition) is 2. The summed E-state index contributed by atoms with van der Waals surface area (Å²) in [6.45, 7) is 4.30. The molecule has 1 amide bonds. The Labute approximate surface area is 90.7 Å². The summed E-state index contributed by atoms with van der Waals surface area (Å²) >= 11 is 0. The summed E-state index contributed by atoms with van der Waals surface area (Å²) in [5.74, 6) is -0.385. The monoisotopic (exact) mass is 206 g/mol. The van der Waals surface area contributed by atoms with Gasteiger partial charge in [-0.1, -0.05) is 13.8 Å². The molecule has 0 aliphatic carbocycles. The molecule has 0 atom stereocenters. The highest BCUT2D eigenvalue weighted by atomic mass is 16.1. The van der Waals surface area contributed by atoms with Crippen LogP contribution in [0.4, 0.5) is 5.69 Å². The number of benzene rings is 1. The fourth-order valence-corrected chi connectivity index (χ4v) is 1.46. The van der Waals surface area contributed by atoms with Gasteiger partial charge in [0.1, 0.15) is 0 Å². The predicted molar refractivity (Wildman–Crippen MR) is 63.0 cm³/mol. The van der Waals surface area contributed by atoms with Gasteiger partial charge in [-0.25, -0.2) is 0 Å². The van der Waals surface area contributed by atoms with Gasteiger partial charge in [0.15, 0.2) is 0 Å². The first-order chi connectivity index (χ1) is 7.17. The molecule has 0 aromatic heterocycles. The van der Waals surface area contributed by atoms with Gasteiger partial charge in [-0.2, -0.15) is 0 Å². The smallest absolute Gasteiger partial charge is 0.248 e. The molecular formula is C12H18N2O. The fraction of sp³-hybridized carbons (Fsp3) is 0.417. The number of primary amides is 1. The van der Waals surface area contributed by atoms with Crippen molar-refractivity contribution in [3.05, 3.63) is 29.8 Å². The van der Waals surface area contributed by atoms with Crippen LogP contribution in [0.2, 0.25) is 0 Å². The molecule has 1 aromatic carbocycles. The van der Waals surface area contributed by atoms with Crippen LogP contribution in [-0.2, 0) is 0 Å². The van der Waals surface area contributed by atoms with E-state index >= 15 is 0 Å². The molecule has 0 heterocycles. The van der Waals surface area contributed by atoms with E-state index in [-0.39, 0.29) is 5.91 Å². The van der Waals surface area contributed by atoms with Crippen LogP contribution in [0.1, 0.15) is 37.0 Å². The molecular weight excluding hydrogens is 188 g/mol. The van der Waals surface area contributed by atoms with Gasteiger partial charge in [-0.3, -0.25) is 4.79 Å². The number of amides is 1. The van der Waals surface area contributed by atoms with E-state index in [1.807, 2.05) is 12.1 Å². The van der Waals surface area contributed by atoms with E-state index in [4.69, 9.17) is 5.73 Å². The van der Waals surface area contributed by atoms with Gasteiger partial charge in [0.05, 0.1) is 0 Å². The van der Waals surface area contributed by atoms with Crippen molar-refractivity contribution in [3.8, 4) is 0 Å². The Hall–Kier alpha value is -1.51. The van der Waals surface area contributed by atoms with Crippen LogP contribution in [-0.4, -0.2) is 11.9 Å². The Morgan fingerprint density at radius 1 is 1.27 bits per heavy atom. The van der Waals surface area contributed by atoms with Crippen molar-refractivity contribution in [2.24, 2.45) is 5.73 Å². The van der Waals surface area contributed by atoms with Gasteiger partial charge >= 0.3 is 0 Å². The van der Waals surface area contributed by atoms with Crippen LogP contribution in [0.15, 0.2) is 24.3 Å². The fourth-order valence-electron chi connectivity index (χ4n) is 1.46. The number of anilines is 1. The summed E-state index contributed by atoms with van der Waals surface area (Å²) < 4.78 is 0. The second-order valence-corrected chi connectivity index (χ2v) is 3.60. The zero-order valence-electron chi connectivity index (χ0n) is 9.29. The normalized spacial score (nSPS) is 10.3. The second-order valence-electron chi connectivity index (χ2n) is 3.60.